The molecule has 216 valence electrons. The second-order valence-corrected chi connectivity index (χ2v) is 10.7. The third-order valence-corrected chi connectivity index (χ3v) is 7.77. The van der Waals surface area contributed by atoms with Gasteiger partial charge < -0.3 is 9.47 Å². The first-order chi connectivity index (χ1) is 20.8. The number of hydrogen-bond acceptors (Lipinski definition) is 9. The molecule has 2 fully saturated rings. The van der Waals surface area contributed by atoms with Crippen molar-refractivity contribution in [1.82, 2.24) is 0 Å². The van der Waals surface area contributed by atoms with Crippen LogP contribution in [0.1, 0.15) is 22.0 Å². The first-order valence-corrected chi connectivity index (χ1v) is 13.8. The lowest BCUT2D eigenvalue weighted by atomic mass is 9.90. The Morgan fingerprint density at radius 3 is 2.33 bits per heavy atom. The molecule has 4 aromatic carbocycles. The van der Waals surface area contributed by atoms with Crippen molar-refractivity contribution in [3.63, 3.8) is 0 Å². The van der Waals surface area contributed by atoms with Gasteiger partial charge in [0, 0.05) is 16.6 Å². The molecule has 0 spiro atoms. The maximum absolute atomic E-state index is 13.9. The quantitative estimate of drug-likeness (QED) is 0.0826. The molecule has 12 heteroatoms. The van der Waals surface area contributed by atoms with Crippen LogP contribution in [0.3, 0.4) is 0 Å². The number of nitro benzene ring substituents is 1. The van der Waals surface area contributed by atoms with E-state index in [2.05, 4.69) is 15.9 Å². The predicted molar refractivity (Wildman–Crippen MR) is 158 cm³/mol. The molecule has 0 saturated carbocycles. The van der Waals surface area contributed by atoms with Crippen LogP contribution in [0.2, 0.25) is 0 Å². The SMILES string of the molecule is COc1cc([C@H]2[C@H]3C(=O)N(c4ccc(Br)cc4)C(=O)[C@H]3ON2c2cccc([N+](=O)[O-])c2)ccc1OC(=O)c1ccccc1. The smallest absolute Gasteiger partial charge is 0.343 e. The normalized spacial score (nSPS) is 19.3. The molecule has 2 aliphatic heterocycles. The molecular weight excluding hydrogens is 622 g/mol. The number of hydroxylamine groups is 1. The molecule has 0 aromatic heterocycles. The van der Waals surface area contributed by atoms with Crippen molar-refractivity contribution in [3.05, 3.63) is 123 Å². The number of nitrogens with zero attached hydrogens (tertiary/aromatic N) is 3. The van der Waals surface area contributed by atoms with Gasteiger partial charge in [-0.05, 0) is 60.2 Å². The number of anilines is 2. The zero-order valence-electron chi connectivity index (χ0n) is 22.5. The highest BCUT2D eigenvalue weighted by atomic mass is 79.9. The van der Waals surface area contributed by atoms with Crippen molar-refractivity contribution < 1.29 is 33.6 Å². The highest BCUT2D eigenvalue weighted by Gasteiger charge is 2.60. The molecule has 0 unspecified atom stereocenters. The van der Waals surface area contributed by atoms with E-state index in [1.165, 1.54) is 36.4 Å². The van der Waals surface area contributed by atoms with E-state index in [1.54, 1.807) is 72.8 Å². The summed E-state index contributed by atoms with van der Waals surface area (Å²) < 4.78 is 11.9. The number of rotatable bonds is 7. The van der Waals surface area contributed by atoms with Crippen molar-refractivity contribution >= 4 is 50.8 Å². The predicted octanol–water partition coefficient (Wildman–Crippen LogP) is 5.64. The number of non-ortho nitro benzene ring substituents is 1. The van der Waals surface area contributed by atoms with Gasteiger partial charge in [0.1, 0.15) is 5.92 Å². The first kappa shape index (κ1) is 28.1. The lowest BCUT2D eigenvalue weighted by molar-refractivity contribution is -0.384. The molecule has 4 aromatic rings. The number of methoxy groups -OCH3 is 1. The van der Waals surface area contributed by atoms with Gasteiger partial charge in [0.05, 0.1) is 35.0 Å². The molecule has 2 aliphatic rings. The van der Waals surface area contributed by atoms with Gasteiger partial charge >= 0.3 is 5.97 Å². The van der Waals surface area contributed by atoms with Crippen molar-refractivity contribution in [1.29, 1.82) is 0 Å². The number of fused-ring (bicyclic) bond motifs is 1. The number of halogens is 1. The summed E-state index contributed by atoms with van der Waals surface area (Å²) in [7, 11) is 1.41. The molecule has 3 atom stereocenters. The summed E-state index contributed by atoms with van der Waals surface area (Å²) in [6, 6.07) is 24.8. The highest BCUT2D eigenvalue weighted by Crippen LogP contribution is 2.49. The minimum Gasteiger partial charge on any atom is -0.493 e. The van der Waals surface area contributed by atoms with E-state index in [0.29, 0.717) is 16.8 Å². The molecule has 0 bridgehead atoms. The van der Waals surface area contributed by atoms with Crippen LogP contribution in [-0.4, -0.2) is 35.9 Å². The Morgan fingerprint density at radius 2 is 1.63 bits per heavy atom. The number of benzene rings is 4. The van der Waals surface area contributed by atoms with Crippen molar-refractivity contribution in [2.45, 2.75) is 12.1 Å². The van der Waals surface area contributed by atoms with E-state index >= 15 is 0 Å². The summed E-state index contributed by atoms with van der Waals surface area (Å²) in [6.45, 7) is 0. The second-order valence-electron chi connectivity index (χ2n) is 9.75. The molecular formula is C31H22BrN3O8. The summed E-state index contributed by atoms with van der Waals surface area (Å²) in [6.07, 6.45) is -1.19. The third kappa shape index (κ3) is 5.11. The molecule has 43 heavy (non-hydrogen) atoms. The van der Waals surface area contributed by atoms with Crippen molar-refractivity contribution in [2.24, 2.45) is 5.92 Å². The Balaban J connectivity index is 1.40. The number of carbonyl (C=O) groups is 3. The molecule has 0 radical (unpaired) electrons. The summed E-state index contributed by atoms with van der Waals surface area (Å²) in [5.41, 5.74) is 1.32. The number of ether oxygens (including phenoxy) is 2. The Labute approximate surface area is 253 Å². The summed E-state index contributed by atoms with van der Waals surface area (Å²) in [4.78, 5) is 58.4. The zero-order chi connectivity index (χ0) is 30.2. The average Bonchev–Trinajstić information content (AvgIpc) is 3.53. The van der Waals surface area contributed by atoms with Gasteiger partial charge in [0.2, 0.25) is 5.91 Å². The van der Waals surface area contributed by atoms with Crippen molar-refractivity contribution in [3.8, 4) is 11.5 Å². The Kier molecular flexibility index (Phi) is 7.38. The monoisotopic (exact) mass is 643 g/mol. The van der Waals surface area contributed by atoms with Gasteiger partial charge in [-0.3, -0.25) is 24.5 Å². The van der Waals surface area contributed by atoms with Gasteiger partial charge in [-0.25, -0.2) is 14.8 Å². The topological polar surface area (TPSA) is 129 Å². The van der Waals surface area contributed by atoms with E-state index in [1.807, 2.05) is 0 Å². The Morgan fingerprint density at radius 1 is 0.884 bits per heavy atom. The summed E-state index contributed by atoms with van der Waals surface area (Å²) in [5.74, 6) is -2.30. The third-order valence-electron chi connectivity index (χ3n) is 7.24. The number of esters is 1. The van der Waals surface area contributed by atoms with Gasteiger partial charge in [0.25, 0.3) is 11.6 Å². The van der Waals surface area contributed by atoms with Crippen LogP contribution < -0.4 is 19.4 Å². The second kappa shape index (κ2) is 11.3. The number of imide groups is 1. The van der Waals surface area contributed by atoms with Crippen LogP contribution in [0, 0.1) is 16.0 Å². The van der Waals surface area contributed by atoms with Crippen LogP contribution in [0.5, 0.6) is 11.5 Å². The molecule has 2 saturated heterocycles. The van der Waals surface area contributed by atoms with E-state index in [-0.39, 0.29) is 22.9 Å². The molecule has 0 aliphatic carbocycles. The minimum atomic E-state index is -1.19. The maximum Gasteiger partial charge on any atom is 0.343 e. The molecule has 2 heterocycles. The first-order valence-electron chi connectivity index (χ1n) is 13.1. The fraction of sp³-hybridized carbons (Fsp3) is 0.129. The molecule has 2 amide bonds. The van der Waals surface area contributed by atoms with Gasteiger partial charge in [-0.2, -0.15) is 0 Å². The molecule has 6 rings (SSSR count). The number of carbonyl (C=O) groups excluding carboxylic acids is 3. The lowest BCUT2D eigenvalue weighted by Gasteiger charge is -2.29. The standard InChI is InChI=1S/C31H22BrN3O8/c1-41-25-16-19(10-15-24(25)42-31(38)18-6-3-2-4-7-18)27-26-28(43-34(27)22-8-5-9-23(17-22)35(39)40)30(37)33(29(26)36)21-13-11-20(32)12-14-21/h2-17,26-28H,1H3/t26-,27+,28+/m1/s1. The molecule has 11 nitrogen and oxygen atoms in total. The Bertz CT molecular complexity index is 1750. The lowest BCUT2D eigenvalue weighted by Crippen LogP contribution is -2.37. The van der Waals surface area contributed by atoms with E-state index in [9.17, 15) is 24.5 Å². The van der Waals surface area contributed by atoms with Crippen LogP contribution in [0.4, 0.5) is 17.1 Å². The van der Waals surface area contributed by atoms with Gasteiger partial charge in [-0.1, -0.05) is 46.3 Å². The molecule has 0 N–H and O–H groups in total. The maximum atomic E-state index is 13.9. The van der Waals surface area contributed by atoms with Crippen LogP contribution in [-0.2, 0) is 14.4 Å². The van der Waals surface area contributed by atoms with Gasteiger partial charge in [0.15, 0.2) is 17.6 Å². The largest absolute Gasteiger partial charge is 0.493 e. The summed E-state index contributed by atoms with van der Waals surface area (Å²) in [5, 5.41) is 12.9. The number of amides is 2. The fourth-order valence-electron chi connectivity index (χ4n) is 5.25. The number of hydrogen-bond donors (Lipinski definition) is 0. The average molecular weight is 644 g/mol. The minimum absolute atomic E-state index is 0.141. The van der Waals surface area contributed by atoms with E-state index in [0.717, 1.165) is 9.37 Å². The van der Waals surface area contributed by atoms with Crippen LogP contribution in [0.15, 0.2) is 102 Å². The zero-order valence-corrected chi connectivity index (χ0v) is 24.0. The fourth-order valence-corrected chi connectivity index (χ4v) is 5.52. The van der Waals surface area contributed by atoms with Gasteiger partial charge in [-0.15, -0.1) is 0 Å². The van der Waals surface area contributed by atoms with E-state index < -0.39 is 40.8 Å². The highest BCUT2D eigenvalue weighted by molar-refractivity contribution is 9.10. The summed E-state index contributed by atoms with van der Waals surface area (Å²) >= 11 is 3.36. The Hall–Kier alpha value is -5.07. The van der Waals surface area contributed by atoms with E-state index in [4.69, 9.17) is 14.3 Å². The number of nitro groups is 1. The van der Waals surface area contributed by atoms with Crippen LogP contribution in [0.25, 0.3) is 0 Å². The van der Waals surface area contributed by atoms with Crippen molar-refractivity contribution in [2.75, 3.05) is 17.1 Å². The van der Waals surface area contributed by atoms with Crippen LogP contribution >= 0.6 is 15.9 Å².